The van der Waals surface area contributed by atoms with Crippen LogP contribution in [0.5, 0.6) is 0 Å². The van der Waals surface area contributed by atoms with E-state index in [1.807, 2.05) is 13.0 Å². The van der Waals surface area contributed by atoms with Crippen LogP contribution in [0, 0.1) is 5.82 Å². The average Bonchev–Trinajstić information content (AvgIpc) is 2.50. The van der Waals surface area contributed by atoms with Crippen molar-refractivity contribution in [1.82, 2.24) is 0 Å². The average molecular weight is 323 g/mol. The second-order valence-electron chi connectivity index (χ2n) is 4.99. The first kappa shape index (κ1) is 16.6. The van der Waals surface area contributed by atoms with Crippen LogP contribution >= 0.6 is 11.6 Å². The Morgan fingerprint density at radius 3 is 2.64 bits per heavy atom. The zero-order valence-electron chi connectivity index (χ0n) is 12.5. The fourth-order valence-electron chi connectivity index (χ4n) is 2.09. The molecule has 0 fully saturated rings. The summed E-state index contributed by atoms with van der Waals surface area (Å²) in [5, 5.41) is 3.93. The Bertz CT molecular complexity index is 617. The standard InChI is InChI=1S/C17H20ClFN2O/c1-2-13-9-17(16(20)10-15(13)18)21-7-8-22-11-12-3-5-14(19)6-4-12/h3-6,9-10,21H,2,7-8,11,20H2,1H3. The molecule has 0 saturated heterocycles. The number of rotatable bonds is 7. The van der Waals surface area contributed by atoms with Gasteiger partial charge in [0, 0.05) is 11.6 Å². The third-order valence-corrected chi connectivity index (χ3v) is 3.70. The van der Waals surface area contributed by atoms with Crippen LogP contribution in [0.3, 0.4) is 0 Å². The van der Waals surface area contributed by atoms with Crippen molar-refractivity contribution in [2.45, 2.75) is 20.0 Å². The van der Waals surface area contributed by atoms with Crippen LogP contribution in [0.4, 0.5) is 15.8 Å². The number of benzene rings is 2. The highest BCUT2D eigenvalue weighted by molar-refractivity contribution is 6.31. The molecule has 0 aromatic heterocycles. The summed E-state index contributed by atoms with van der Waals surface area (Å²) in [7, 11) is 0. The van der Waals surface area contributed by atoms with Gasteiger partial charge in [0.25, 0.3) is 0 Å². The molecule has 0 saturated carbocycles. The van der Waals surface area contributed by atoms with E-state index in [0.29, 0.717) is 30.5 Å². The third kappa shape index (κ3) is 4.61. The number of nitrogens with two attached hydrogens (primary N) is 1. The fraction of sp³-hybridized carbons (Fsp3) is 0.294. The molecule has 0 aliphatic rings. The maximum Gasteiger partial charge on any atom is 0.123 e. The highest BCUT2D eigenvalue weighted by Crippen LogP contribution is 2.27. The largest absolute Gasteiger partial charge is 0.397 e. The summed E-state index contributed by atoms with van der Waals surface area (Å²) >= 11 is 6.11. The molecule has 0 heterocycles. The molecule has 3 nitrogen and oxygen atoms in total. The molecule has 5 heteroatoms. The number of nitrogens with one attached hydrogen (secondary N) is 1. The van der Waals surface area contributed by atoms with E-state index in [1.54, 1.807) is 18.2 Å². The highest BCUT2D eigenvalue weighted by Gasteiger charge is 2.05. The zero-order chi connectivity index (χ0) is 15.9. The highest BCUT2D eigenvalue weighted by atomic mass is 35.5. The molecule has 118 valence electrons. The predicted octanol–water partition coefficient (Wildman–Crippen LogP) is 4.25. The van der Waals surface area contributed by atoms with E-state index >= 15 is 0 Å². The Kier molecular flexibility index (Phi) is 6.04. The summed E-state index contributed by atoms with van der Waals surface area (Å²) in [6.45, 7) is 3.67. The molecule has 0 spiro atoms. The first-order chi connectivity index (χ1) is 10.6. The van der Waals surface area contributed by atoms with Gasteiger partial charge in [-0.3, -0.25) is 0 Å². The van der Waals surface area contributed by atoms with Crippen LogP contribution in [-0.2, 0) is 17.8 Å². The Balaban J connectivity index is 1.78. The summed E-state index contributed by atoms with van der Waals surface area (Å²) in [5.41, 5.74) is 9.44. The van der Waals surface area contributed by atoms with Crippen molar-refractivity contribution >= 4 is 23.0 Å². The summed E-state index contributed by atoms with van der Waals surface area (Å²) in [6.07, 6.45) is 0.856. The molecule has 0 atom stereocenters. The summed E-state index contributed by atoms with van der Waals surface area (Å²) in [4.78, 5) is 0. The molecule has 2 rings (SSSR count). The van der Waals surface area contributed by atoms with Crippen LogP contribution in [0.2, 0.25) is 5.02 Å². The summed E-state index contributed by atoms with van der Waals surface area (Å²) < 4.78 is 18.3. The van der Waals surface area contributed by atoms with Crippen molar-refractivity contribution in [2.75, 3.05) is 24.2 Å². The van der Waals surface area contributed by atoms with Gasteiger partial charge >= 0.3 is 0 Å². The number of hydrogen-bond acceptors (Lipinski definition) is 3. The van der Waals surface area contributed by atoms with Crippen LogP contribution in [0.25, 0.3) is 0 Å². The molecule has 0 unspecified atom stereocenters. The lowest BCUT2D eigenvalue weighted by Crippen LogP contribution is -2.11. The van der Waals surface area contributed by atoms with E-state index in [4.69, 9.17) is 22.1 Å². The molecule has 3 N–H and O–H groups in total. The van der Waals surface area contributed by atoms with Gasteiger partial charge < -0.3 is 15.8 Å². The van der Waals surface area contributed by atoms with Gasteiger partial charge in [0.2, 0.25) is 0 Å². The van der Waals surface area contributed by atoms with Crippen LogP contribution in [0.1, 0.15) is 18.1 Å². The molecule has 0 bridgehead atoms. The van der Waals surface area contributed by atoms with Gasteiger partial charge in [-0.15, -0.1) is 0 Å². The fourth-order valence-corrected chi connectivity index (χ4v) is 2.39. The van der Waals surface area contributed by atoms with Crippen molar-refractivity contribution in [3.05, 3.63) is 58.4 Å². The monoisotopic (exact) mass is 322 g/mol. The number of halogens is 2. The van der Waals surface area contributed by atoms with Gasteiger partial charge in [0.05, 0.1) is 24.6 Å². The van der Waals surface area contributed by atoms with Gasteiger partial charge in [-0.1, -0.05) is 30.7 Å². The SMILES string of the molecule is CCc1cc(NCCOCc2ccc(F)cc2)c(N)cc1Cl. The summed E-state index contributed by atoms with van der Waals surface area (Å²) in [5.74, 6) is -0.240. The van der Waals surface area contributed by atoms with E-state index in [0.717, 1.165) is 23.2 Å². The van der Waals surface area contributed by atoms with Crippen LogP contribution in [-0.4, -0.2) is 13.2 Å². The lowest BCUT2D eigenvalue weighted by Gasteiger charge is -2.12. The molecular weight excluding hydrogens is 303 g/mol. The topological polar surface area (TPSA) is 47.3 Å². The van der Waals surface area contributed by atoms with Crippen molar-refractivity contribution in [3.63, 3.8) is 0 Å². The van der Waals surface area contributed by atoms with Crippen molar-refractivity contribution in [3.8, 4) is 0 Å². The third-order valence-electron chi connectivity index (χ3n) is 3.34. The van der Waals surface area contributed by atoms with E-state index in [9.17, 15) is 4.39 Å². The Hall–Kier alpha value is -1.78. The Morgan fingerprint density at radius 2 is 1.95 bits per heavy atom. The second kappa shape index (κ2) is 8.01. The lowest BCUT2D eigenvalue weighted by atomic mass is 10.1. The first-order valence-electron chi connectivity index (χ1n) is 7.24. The molecular formula is C17H20ClFN2O. The number of aryl methyl sites for hydroxylation is 1. The normalized spacial score (nSPS) is 10.7. The predicted molar refractivity (Wildman–Crippen MR) is 89.8 cm³/mol. The number of anilines is 2. The first-order valence-corrected chi connectivity index (χ1v) is 7.62. The van der Waals surface area contributed by atoms with Crippen molar-refractivity contribution < 1.29 is 9.13 Å². The molecule has 0 amide bonds. The molecule has 0 aliphatic carbocycles. The minimum Gasteiger partial charge on any atom is -0.397 e. The Labute approximate surface area is 135 Å². The minimum atomic E-state index is -0.240. The molecule has 2 aromatic carbocycles. The maximum atomic E-state index is 12.8. The molecule has 22 heavy (non-hydrogen) atoms. The lowest BCUT2D eigenvalue weighted by molar-refractivity contribution is 0.130. The van der Waals surface area contributed by atoms with Gasteiger partial charge in [0.1, 0.15) is 5.82 Å². The molecule has 0 aliphatic heterocycles. The number of nitrogen functional groups attached to an aromatic ring is 1. The van der Waals surface area contributed by atoms with E-state index in [1.165, 1.54) is 12.1 Å². The smallest absolute Gasteiger partial charge is 0.123 e. The number of ether oxygens (including phenoxy) is 1. The zero-order valence-corrected chi connectivity index (χ0v) is 13.3. The summed E-state index contributed by atoms with van der Waals surface area (Å²) in [6, 6.07) is 10.0. The van der Waals surface area contributed by atoms with Crippen molar-refractivity contribution in [2.24, 2.45) is 0 Å². The van der Waals surface area contributed by atoms with E-state index < -0.39 is 0 Å². The second-order valence-corrected chi connectivity index (χ2v) is 5.40. The molecule has 2 aromatic rings. The van der Waals surface area contributed by atoms with Crippen LogP contribution in [0.15, 0.2) is 36.4 Å². The van der Waals surface area contributed by atoms with E-state index in [-0.39, 0.29) is 5.82 Å². The quantitative estimate of drug-likeness (QED) is 0.591. The van der Waals surface area contributed by atoms with Gasteiger partial charge in [-0.05, 0) is 41.8 Å². The van der Waals surface area contributed by atoms with Crippen LogP contribution < -0.4 is 11.1 Å². The maximum absolute atomic E-state index is 12.8. The van der Waals surface area contributed by atoms with E-state index in [2.05, 4.69) is 5.32 Å². The van der Waals surface area contributed by atoms with Gasteiger partial charge in [-0.25, -0.2) is 4.39 Å². The van der Waals surface area contributed by atoms with Gasteiger partial charge in [0.15, 0.2) is 0 Å². The van der Waals surface area contributed by atoms with Crippen molar-refractivity contribution in [1.29, 1.82) is 0 Å². The number of hydrogen-bond donors (Lipinski definition) is 2. The van der Waals surface area contributed by atoms with Gasteiger partial charge in [-0.2, -0.15) is 0 Å². The molecule has 0 radical (unpaired) electrons. The minimum absolute atomic E-state index is 0.240. The Morgan fingerprint density at radius 1 is 1.23 bits per heavy atom.